The van der Waals surface area contributed by atoms with Gasteiger partial charge in [0.2, 0.25) is 0 Å². The first-order valence-electron chi connectivity index (χ1n) is 7.20. The van der Waals surface area contributed by atoms with E-state index in [-0.39, 0.29) is 6.04 Å². The van der Waals surface area contributed by atoms with Gasteiger partial charge in [-0.05, 0) is 26.3 Å². The fourth-order valence-electron chi connectivity index (χ4n) is 2.49. The minimum atomic E-state index is 0.186. The van der Waals surface area contributed by atoms with Gasteiger partial charge >= 0.3 is 0 Å². The van der Waals surface area contributed by atoms with E-state index < -0.39 is 0 Å². The normalized spacial score (nSPS) is 12.3. The van der Waals surface area contributed by atoms with E-state index in [1.165, 1.54) is 11.1 Å². The molecule has 3 nitrogen and oxygen atoms in total. The number of benzene rings is 2. The van der Waals surface area contributed by atoms with Crippen LogP contribution in [0, 0.1) is 13.8 Å². The van der Waals surface area contributed by atoms with E-state index in [2.05, 4.69) is 65.8 Å². The predicted octanol–water partition coefficient (Wildman–Crippen LogP) is 4.42. The van der Waals surface area contributed by atoms with Crippen LogP contribution in [0.25, 0.3) is 10.8 Å². The standard InChI is InChI=1S/C18H19N3/c1-12-8-10-15(11-9-12)13(2)19-18-17-7-5-4-6-16(17)14(3)20-21-18/h4-11,13H,1-3H3,(H,19,21). The fraction of sp³-hybridized carbons (Fsp3) is 0.222. The van der Waals surface area contributed by atoms with E-state index in [1.54, 1.807) is 0 Å². The summed E-state index contributed by atoms with van der Waals surface area (Å²) in [6.07, 6.45) is 0. The summed E-state index contributed by atoms with van der Waals surface area (Å²) in [6, 6.07) is 17.0. The molecule has 0 spiro atoms. The maximum atomic E-state index is 4.33. The molecule has 0 aliphatic heterocycles. The number of fused-ring (bicyclic) bond motifs is 1. The van der Waals surface area contributed by atoms with Gasteiger partial charge in [-0.15, -0.1) is 5.10 Å². The first kappa shape index (κ1) is 13.6. The number of aryl methyl sites for hydroxylation is 2. The highest BCUT2D eigenvalue weighted by atomic mass is 15.2. The Morgan fingerprint density at radius 1 is 0.857 bits per heavy atom. The van der Waals surface area contributed by atoms with Gasteiger partial charge in [-0.25, -0.2) is 0 Å². The van der Waals surface area contributed by atoms with Crippen molar-refractivity contribution in [1.82, 2.24) is 10.2 Å². The van der Waals surface area contributed by atoms with Gasteiger partial charge in [0.25, 0.3) is 0 Å². The number of nitrogens with zero attached hydrogens (tertiary/aromatic N) is 2. The Labute approximate surface area is 125 Å². The molecule has 0 aliphatic carbocycles. The average Bonchev–Trinajstić information content (AvgIpc) is 2.51. The summed E-state index contributed by atoms with van der Waals surface area (Å²) in [5.41, 5.74) is 3.47. The lowest BCUT2D eigenvalue weighted by atomic mass is 10.1. The minimum absolute atomic E-state index is 0.186. The quantitative estimate of drug-likeness (QED) is 0.770. The summed E-state index contributed by atoms with van der Waals surface area (Å²) < 4.78 is 0. The molecule has 21 heavy (non-hydrogen) atoms. The Bertz CT molecular complexity index is 763. The maximum Gasteiger partial charge on any atom is 0.157 e. The van der Waals surface area contributed by atoms with Gasteiger partial charge in [0.15, 0.2) is 5.82 Å². The third kappa shape index (κ3) is 2.72. The molecule has 0 fully saturated rings. The molecule has 1 atom stereocenters. The van der Waals surface area contributed by atoms with Crippen molar-refractivity contribution in [2.45, 2.75) is 26.8 Å². The number of anilines is 1. The van der Waals surface area contributed by atoms with Crippen LogP contribution in [0.4, 0.5) is 5.82 Å². The van der Waals surface area contributed by atoms with E-state index >= 15 is 0 Å². The summed E-state index contributed by atoms with van der Waals surface area (Å²) in [7, 11) is 0. The van der Waals surface area contributed by atoms with Crippen molar-refractivity contribution < 1.29 is 0 Å². The largest absolute Gasteiger partial charge is 0.362 e. The first-order chi connectivity index (χ1) is 10.1. The van der Waals surface area contributed by atoms with Gasteiger partial charge in [-0.1, -0.05) is 54.1 Å². The van der Waals surface area contributed by atoms with Crippen LogP contribution in [0.2, 0.25) is 0 Å². The van der Waals surface area contributed by atoms with Crippen molar-refractivity contribution in [3.63, 3.8) is 0 Å². The highest BCUT2D eigenvalue weighted by Gasteiger charge is 2.10. The van der Waals surface area contributed by atoms with E-state index in [0.717, 1.165) is 22.3 Å². The molecule has 3 heteroatoms. The van der Waals surface area contributed by atoms with E-state index in [4.69, 9.17) is 0 Å². The molecule has 0 saturated heterocycles. The average molecular weight is 277 g/mol. The van der Waals surface area contributed by atoms with Gasteiger partial charge in [0.05, 0.1) is 11.7 Å². The molecule has 0 saturated carbocycles. The smallest absolute Gasteiger partial charge is 0.157 e. The second-order valence-corrected chi connectivity index (χ2v) is 5.46. The van der Waals surface area contributed by atoms with E-state index in [1.807, 2.05) is 19.1 Å². The van der Waals surface area contributed by atoms with E-state index in [9.17, 15) is 0 Å². The Morgan fingerprint density at radius 2 is 1.52 bits per heavy atom. The second-order valence-electron chi connectivity index (χ2n) is 5.46. The van der Waals surface area contributed by atoms with Crippen molar-refractivity contribution >= 4 is 16.6 Å². The van der Waals surface area contributed by atoms with Gasteiger partial charge in [0, 0.05) is 10.8 Å². The summed E-state index contributed by atoms with van der Waals surface area (Å²) >= 11 is 0. The zero-order valence-corrected chi connectivity index (χ0v) is 12.6. The van der Waals surface area contributed by atoms with Gasteiger partial charge in [-0.2, -0.15) is 5.10 Å². The highest BCUT2D eigenvalue weighted by molar-refractivity contribution is 5.92. The van der Waals surface area contributed by atoms with Crippen LogP contribution in [0.1, 0.15) is 29.8 Å². The molecular formula is C18H19N3. The summed E-state index contributed by atoms with van der Waals surface area (Å²) in [6.45, 7) is 6.23. The molecule has 1 heterocycles. The number of aromatic nitrogens is 2. The minimum Gasteiger partial charge on any atom is -0.362 e. The Morgan fingerprint density at radius 3 is 2.24 bits per heavy atom. The summed E-state index contributed by atoms with van der Waals surface area (Å²) in [5, 5.41) is 14.3. The number of hydrogen-bond donors (Lipinski definition) is 1. The van der Waals surface area contributed by atoms with Crippen molar-refractivity contribution in [3.8, 4) is 0 Å². The Balaban J connectivity index is 1.95. The SMILES string of the molecule is Cc1ccc(C(C)Nc2nnc(C)c3ccccc23)cc1. The number of nitrogens with one attached hydrogen (secondary N) is 1. The molecule has 1 unspecified atom stereocenters. The molecule has 3 rings (SSSR count). The zero-order valence-electron chi connectivity index (χ0n) is 12.6. The molecule has 0 amide bonds. The third-order valence-corrected chi connectivity index (χ3v) is 3.80. The van der Waals surface area contributed by atoms with Gasteiger partial charge in [-0.3, -0.25) is 0 Å². The molecule has 0 aliphatic rings. The highest BCUT2D eigenvalue weighted by Crippen LogP contribution is 2.26. The van der Waals surface area contributed by atoms with Crippen molar-refractivity contribution in [3.05, 3.63) is 65.4 Å². The van der Waals surface area contributed by atoms with Crippen LogP contribution in [0.15, 0.2) is 48.5 Å². The maximum absolute atomic E-state index is 4.33. The lowest BCUT2D eigenvalue weighted by Crippen LogP contribution is -2.09. The van der Waals surface area contributed by atoms with E-state index in [0.29, 0.717) is 0 Å². The van der Waals surface area contributed by atoms with Gasteiger partial charge < -0.3 is 5.32 Å². The number of hydrogen-bond acceptors (Lipinski definition) is 3. The van der Waals surface area contributed by atoms with Crippen molar-refractivity contribution in [1.29, 1.82) is 0 Å². The number of rotatable bonds is 3. The molecule has 0 bridgehead atoms. The predicted molar refractivity (Wildman–Crippen MR) is 87.5 cm³/mol. The molecule has 1 aromatic heterocycles. The molecule has 106 valence electrons. The van der Waals surface area contributed by atoms with Crippen LogP contribution < -0.4 is 5.32 Å². The molecule has 2 aromatic carbocycles. The molecule has 0 radical (unpaired) electrons. The third-order valence-electron chi connectivity index (χ3n) is 3.80. The first-order valence-corrected chi connectivity index (χ1v) is 7.20. The second kappa shape index (κ2) is 5.52. The zero-order chi connectivity index (χ0) is 14.8. The van der Waals surface area contributed by atoms with Crippen molar-refractivity contribution in [2.75, 3.05) is 5.32 Å². The van der Waals surface area contributed by atoms with Crippen LogP contribution in [0.5, 0.6) is 0 Å². The lowest BCUT2D eigenvalue weighted by Gasteiger charge is -2.16. The molecular weight excluding hydrogens is 258 g/mol. The van der Waals surface area contributed by atoms with Crippen LogP contribution in [-0.4, -0.2) is 10.2 Å². The summed E-state index contributed by atoms with van der Waals surface area (Å²) in [5.74, 6) is 0.837. The lowest BCUT2D eigenvalue weighted by molar-refractivity contribution is 0.861. The van der Waals surface area contributed by atoms with Crippen molar-refractivity contribution in [2.24, 2.45) is 0 Å². The summed E-state index contributed by atoms with van der Waals surface area (Å²) in [4.78, 5) is 0. The molecule has 1 N–H and O–H groups in total. The van der Waals surface area contributed by atoms with Crippen LogP contribution in [-0.2, 0) is 0 Å². The van der Waals surface area contributed by atoms with Crippen LogP contribution in [0.3, 0.4) is 0 Å². The topological polar surface area (TPSA) is 37.8 Å². The Hall–Kier alpha value is -2.42. The van der Waals surface area contributed by atoms with Gasteiger partial charge in [0.1, 0.15) is 0 Å². The monoisotopic (exact) mass is 277 g/mol. The van der Waals surface area contributed by atoms with Crippen LogP contribution >= 0.6 is 0 Å². The Kier molecular flexibility index (Phi) is 3.57. The molecule has 3 aromatic rings. The fourth-order valence-corrected chi connectivity index (χ4v) is 2.49.